The van der Waals surface area contributed by atoms with Gasteiger partial charge in [-0.05, 0) is 0 Å². The molecule has 2 rings (SSSR count). The molecule has 0 N–H and O–H groups in total. The zero-order valence-electron chi connectivity index (χ0n) is 6.07. The van der Waals surface area contributed by atoms with Crippen molar-refractivity contribution in [3.8, 4) is 0 Å². The molecular weight excluding hydrogens is 329 g/mol. The second kappa shape index (κ2) is 3.32. The molecule has 0 fully saturated rings. The molecular formula is C10H8Bi. The zero-order valence-corrected chi connectivity index (χ0v) is 9.54. The van der Waals surface area contributed by atoms with E-state index in [1.54, 1.807) is 3.27 Å². The summed E-state index contributed by atoms with van der Waals surface area (Å²) in [6.07, 6.45) is 6.51. The molecule has 0 aliphatic carbocycles. The van der Waals surface area contributed by atoms with Crippen LogP contribution in [0, 0.1) is 0 Å². The van der Waals surface area contributed by atoms with E-state index in [1.165, 1.54) is 5.56 Å². The Labute approximate surface area is 78.2 Å². The van der Waals surface area contributed by atoms with Crippen LogP contribution < -0.4 is 3.27 Å². The van der Waals surface area contributed by atoms with Crippen molar-refractivity contribution in [2.75, 3.05) is 0 Å². The van der Waals surface area contributed by atoms with Crippen LogP contribution in [-0.2, 0) is 0 Å². The third-order valence-electron chi connectivity index (χ3n) is 1.62. The van der Waals surface area contributed by atoms with Gasteiger partial charge in [-0.15, -0.1) is 0 Å². The Kier molecular flexibility index (Phi) is 2.19. The van der Waals surface area contributed by atoms with E-state index >= 15 is 0 Å². The Balaban J connectivity index is 2.52. The van der Waals surface area contributed by atoms with E-state index in [0.29, 0.717) is 0 Å². The first kappa shape index (κ1) is 7.24. The van der Waals surface area contributed by atoms with Crippen molar-refractivity contribution in [1.82, 2.24) is 0 Å². The fourth-order valence-electron chi connectivity index (χ4n) is 1.08. The molecule has 53 valence electrons. The first-order valence-corrected chi connectivity index (χ1v) is 7.34. The van der Waals surface area contributed by atoms with E-state index in [-0.39, 0.29) is 0 Å². The molecule has 1 aromatic carbocycles. The van der Waals surface area contributed by atoms with Crippen molar-refractivity contribution in [1.29, 1.82) is 0 Å². The summed E-state index contributed by atoms with van der Waals surface area (Å²) in [5, 5.41) is 0. The van der Waals surface area contributed by atoms with Crippen LogP contribution >= 0.6 is 0 Å². The van der Waals surface area contributed by atoms with Crippen LogP contribution in [0.4, 0.5) is 0 Å². The molecule has 0 spiro atoms. The first-order valence-electron chi connectivity index (χ1n) is 3.60. The third kappa shape index (κ3) is 1.60. The van der Waals surface area contributed by atoms with Gasteiger partial charge >= 0.3 is 78.3 Å². The third-order valence-corrected chi connectivity index (χ3v) is 5.54. The molecule has 0 unspecified atom stereocenters. The van der Waals surface area contributed by atoms with Gasteiger partial charge in [0.2, 0.25) is 0 Å². The summed E-state index contributed by atoms with van der Waals surface area (Å²) in [6, 6.07) is 8.69. The molecule has 1 aliphatic heterocycles. The molecule has 0 atom stereocenters. The Hall–Kier alpha value is -0.417. The second-order valence-electron chi connectivity index (χ2n) is 2.39. The number of hydrogen-bond acceptors (Lipinski definition) is 0. The second-order valence-corrected chi connectivity index (χ2v) is 6.42. The number of hydrogen-bond donors (Lipinski definition) is 0. The van der Waals surface area contributed by atoms with E-state index in [0.717, 1.165) is 0 Å². The van der Waals surface area contributed by atoms with Crippen LogP contribution in [0.3, 0.4) is 0 Å². The van der Waals surface area contributed by atoms with Crippen LogP contribution in [0.1, 0.15) is 5.56 Å². The normalized spacial score (nSPS) is 14.2. The fraction of sp³-hybridized carbons (Fsp3) is 0. The van der Waals surface area contributed by atoms with Gasteiger partial charge in [0.05, 0.1) is 0 Å². The summed E-state index contributed by atoms with van der Waals surface area (Å²) in [4.78, 5) is 0. The van der Waals surface area contributed by atoms with Gasteiger partial charge in [0.25, 0.3) is 0 Å². The fourth-order valence-corrected chi connectivity index (χ4v) is 4.25. The molecule has 0 bridgehead atoms. The van der Waals surface area contributed by atoms with Crippen LogP contribution in [0.25, 0.3) is 6.08 Å². The molecule has 0 nitrogen and oxygen atoms in total. The SMILES string of the molecule is C1=[CH][Bi][c]2ccccc2C=C1. The summed E-state index contributed by atoms with van der Waals surface area (Å²) in [7, 11) is 0. The molecule has 0 saturated heterocycles. The van der Waals surface area contributed by atoms with Crippen LogP contribution in [0.5, 0.6) is 0 Å². The van der Waals surface area contributed by atoms with Gasteiger partial charge in [0.1, 0.15) is 0 Å². The van der Waals surface area contributed by atoms with Gasteiger partial charge in [0.15, 0.2) is 0 Å². The van der Waals surface area contributed by atoms with Crippen molar-refractivity contribution in [2.24, 2.45) is 0 Å². The van der Waals surface area contributed by atoms with Crippen molar-refractivity contribution < 1.29 is 0 Å². The Morgan fingerprint density at radius 3 is 2.91 bits per heavy atom. The summed E-state index contributed by atoms with van der Waals surface area (Å²) < 4.78 is 3.96. The van der Waals surface area contributed by atoms with E-state index in [4.69, 9.17) is 0 Å². The van der Waals surface area contributed by atoms with Gasteiger partial charge < -0.3 is 0 Å². The predicted octanol–water partition coefficient (Wildman–Crippen LogP) is 1.56. The van der Waals surface area contributed by atoms with Gasteiger partial charge in [-0.2, -0.15) is 0 Å². The molecule has 1 aromatic rings. The van der Waals surface area contributed by atoms with Crippen molar-refractivity contribution in [2.45, 2.75) is 0 Å². The molecule has 1 heteroatoms. The summed E-state index contributed by atoms with van der Waals surface area (Å²) in [5.74, 6) is 0. The quantitative estimate of drug-likeness (QED) is 0.631. The topological polar surface area (TPSA) is 0 Å². The maximum atomic E-state index is 2.36. The number of rotatable bonds is 0. The molecule has 11 heavy (non-hydrogen) atoms. The van der Waals surface area contributed by atoms with E-state index in [9.17, 15) is 0 Å². The van der Waals surface area contributed by atoms with Crippen LogP contribution in [0.2, 0.25) is 0 Å². The summed E-state index contributed by atoms with van der Waals surface area (Å²) >= 11 is -0.475. The molecule has 1 radical (unpaired) electrons. The average molecular weight is 337 g/mol. The maximum absolute atomic E-state index is 2.36. The minimum atomic E-state index is -0.475. The van der Waals surface area contributed by atoms with Crippen molar-refractivity contribution in [3.05, 3.63) is 45.8 Å². The monoisotopic (exact) mass is 337 g/mol. The van der Waals surface area contributed by atoms with E-state index < -0.39 is 23.2 Å². The van der Waals surface area contributed by atoms with Crippen LogP contribution in [-0.4, -0.2) is 23.2 Å². The first-order chi connectivity index (χ1) is 5.47. The van der Waals surface area contributed by atoms with Crippen molar-refractivity contribution in [3.63, 3.8) is 0 Å². The Bertz CT molecular complexity index is 310. The van der Waals surface area contributed by atoms with E-state index in [2.05, 4.69) is 46.3 Å². The summed E-state index contributed by atoms with van der Waals surface area (Å²) in [5.41, 5.74) is 1.43. The van der Waals surface area contributed by atoms with Gasteiger partial charge in [-0.3, -0.25) is 0 Å². The molecule has 1 heterocycles. The molecule has 0 aromatic heterocycles. The van der Waals surface area contributed by atoms with Gasteiger partial charge in [0, 0.05) is 0 Å². The standard InChI is InChI=1S/C10H8.Bi/c1-2-3-7-10-8-5-4-6-9-10;/h1-8H;. The predicted molar refractivity (Wildman–Crippen MR) is 50.0 cm³/mol. The Morgan fingerprint density at radius 1 is 1.00 bits per heavy atom. The number of benzene rings is 1. The summed E-state index contributed by atoms with van der Waals surface area (Å²) in [6.45, 7) is 0. The molecule has 1 aliphatic rings. The molecule has 0 amide bonds. The number of fused-ring (bicyclic) bond motifs is 1. The van der Waals surface area contributed by atoms with Crippen LogP contribution in [0.15, 0.2) is 40.2 Å². The average Bonchev–Trinajstić information content (AvgIpc) is 2.28. The van der Waals surface area contributed by atoms with Gasteiger partial charge in [-0.25, -0.2) is 0 Å². The van der Waals surface area contributed by atoms with Gasteiger partial charge in [-0.1, -0.05) is 0 Å². The number of allylic oxidation sites excluding steroid dienone is 2. The zero-order chi connectivity index (χ0) is 7.52. The molecule has 0 saturated carbocycles. The van der Waals surface area contributed by atoms with E-state index in [1.807, 2.05) is 0 Å². The van der Waals surface area contributed by atoms with Crippen molar-refractivity contribution >= 4 is 32.6 Å². The minimum absolute atomic E-state index is 0.475. The Morgan fingerprint density at radius 2 is 1.91 bits per heavy atom.